The molecule has 1 fully saturated rings. The average molecular weight is 501 g/mol. The summed E-state index contributed by atoms with van der Waals surface area (Å²) in [6.45, 7) is 2.11. The Morgan fingerprint density at radius 3 is 1.73 bits per heavy atom. The van der Waals surface area contributed by atoms with Gasteiger partial charge in [0.2, 0.25) is 0 Å². The zero-order valence-electron chi connectivity index (χ0n) is 21.6. The van der Waals surface area contributed by atoms with Crippen LogP contribution in [0.3, 0.4) is 0 Å². The molecule has 0 spiro atoms. The van der Waals surface area contributed by atoms with Crippen LogP contribution in [-0.2, 0) is 34.0 Å². The first kappa shape index (κ1) is 27.0. The predicted molar refractivity (Wildman–Crippen MR) is 144 cm³/mol. The van der Waals surface area contributed by atoms with Crippen molar-refractivity contribution in [3.8, 4) is 11.8 Å². The van der Waals surface area contributed by atoms with E-state index < -0.39 is 24.3 Å². The normalized spacial score (nSPS) is 21.6. The fraction of sp³-hybridized carbons (Fsp3) is 0.355. The Kier molecular flexibility index (Phi) is 10.3. The maximum atomic E-state index is 11.3. The lowest BCUT2D eigenvalue weighted by atomic mass is 10.1. The highest BCUT2D eigenvalue weighted by Crippen LogP contribution is 2.30. The summed E-state index contributed by atoms with van der Waals surface area (Å²) >= 11 is 0. The largest absolute Gasteiger partial charge is 0.375 e. The van der Waals surface area contributed by atoms with Gasteiger partial charge in [-0.25, -0.2) is 0 Å². The summed E-state index contributed by atoms with van der Waals surface area (Å²) in [6.07, 6.45) is -0.905. The molecule has 0 saturated carbocycles. The second-order valence-electron chi connectivity index (χ2n) is 9.47. The predicted octanol–water partition coefficient (Wildman–Crippen LogP) is 4.38. The van der Waals surface area contributed by atoms with E-state index in [1.807, 2.05) is 110 Å². The molecule has 6 nitrogen and oxygen atoms in total. The molecule has 1 N–H and O–H groups in total. The minimum absolute atomic E-state index is 0.280. The third-order valence-corrected chi connectivity index (χ3v) is 6.25. The molecule has 0 amide bonds. The van der Waals surface area contributed by atoms with Crippen molar-refractivity contribution in [1.82, 2.24) is 9.96 Å². The minimum Gasteiger partial charge on any atom is -0.375 e. The lowest BCUT2D eigenvalue weighted by Crippen LogP contribution is -2.40. The molecule has 0 radical (unpaired) electrons. The number of rotatable bonds is 11. The Morgan fingerprint density at radius 2 is 1.22 bits per heavy atom. The smallest absolute Gasteiger partial charge is 0.125 e. The quantitative estimate of drug-likeness (QED) is 0.395. The molecule has 1 saturated heterocycles. The van der Waals surface area contributed by atoms with E-state index >= 15 is 0 Å². The van der Waals surface area contributed by atoms with Crippen molar-refractivity contribution < 1.29 is 19.4 Å². The van der Waals surface area contributed by atoms with Crippen LogP contribution < -0.4 is 0 Å². The molecule has 3 aromatic carbocycles. The van der Waals surface area contributed by atoms with E-state index in [1.54, 1.807) is 0 Å². The van der Waals surface area contributed by atoms with E-state index in [2.05, 4.69) is 11.8 Å². The van der Waals surface area contributed by atoms with Gasteiger partial charge in [-0.2, -0.15) is 5.06 Å². The van der Waals surface area contributed by atoms with Gasteiger partial charge in [-0.05, 0) is 30.8 Å². The van der Waals surface area contributed by atoms with E-state index in [-0.39, 0.29) is 6.61 Å². The summed E-state index contributed by atoms with van der Waals surface area (Å²) in [5.74, 6) is 6.42. The molecular weight excluding hydrogens is 464 g/mol. The van der Waals surface area contributed by atoms with E-state index in [0.29, 0.717) is 26.4 Å². The van der Waals surface area contributed by atoms with Crippen LogP contribution in [0, 0.1) is 11.8 Å². The minimum atomic E-state index is -0.547. The van der Waals surface area contributed by atoms with Gasteiger partial charge in [0.05, 0.1) is 39.0 Å². The summed E-state index contributed by atoms with van der Waals surface area (Å²) in [4.78, 5) is 1.99. The van der Waals surface area contributed by atoms with Gasteiger partial charge in [-0.3, -0.25) is 4.90 Å². The average Bonchev–Trinajstić information content (AvgIpc) is 3.17. The van der Waals surface area contributed by atoms with Gasteiger partial charge in [-0.1, -0.05) is 103 Å². The SMILES string of the molecule is CN(C)CC#C[C@H]1[C@@H](OCc2ccccc2)[C@H](OCc2ccccc2)[C@H](COCc2ccccc2)N1O. The molecule has 1 aliphatic rings. The Balaban J connectivity index is 1.54. The van der Waals surface area contributed by atoms with Crippen LogP contribution in [-0.4, -0.2) is 66.7 Å². The maximum Gasteiger partial charge on any atom is 0.125 e. The number of hydrogen-bond acceptors (Lipinski definition) is 6. The molecule has 1 aliphatic heterocycles. The topological polar surface area (TPSA) is 54.4 Å². The van der Waals surface area contributed by atoms with Gasteiger partial charge in [0, 0.05) is 0 Å². The van der Waals surface area contributed by atoms with Crippen LogP contribution in [0.2, 0.25) is 0 Å². The van der Waals surface area contributed by atoms with E-state index in [0.717, 1.165) is 16.7 Å². The van der Waals surface area contributed by atoms with Gasteiger partial charge < -0.3 is 19.4 Å². The zero-order chi connectivity index (χ0) is 25.9. The molecule has 4 atom stereocenters. The molecule has 0 bridgehead atoms. The van der Waals surface area contributed by atoms with Gasteiger partial charge in [0.15, 0.2) is 0 Å². The summed E-state index contributed by atoms with van der Waals surface area (Å²) < 4.78 is 18.9. The fourth-order valence-electron chi connectivity index (χ4n) is 4.33. The summed E-state index contributed by atoms with van der Waals surface area (Å²) in [5, 5.41) is 12.6. The van der Waals surface area contributed by atoms with Crippen molar-refractivity contribution in [2.75, 3.05) is 27.2 Å². The first-order valence-corrected chi connectivity index (χ1v) is 12.6. The third kappa shape index (κ3) is 7.98. The number of benzene rings is 3. The molecule has 0 aromatic heterocycles. The molecule has 37 heavy (non-hydrogen) atoms. The summed E-state index contributed by atoms with van der Waals surface area (Å²) in [6, 6.07) is 29.1. The Morgan fingerprint density at radius 1 is 0.730 bits per heavy atom. The third-order valence-electron chi connectivity index (χ3n) is 6.25. The van der Waals surface area contributed by atoms with Crippen LogP contribution in [0.5, 0.6) is 0 Å². The van der Waals surface area contributed by atoms with Crippen LogP contribution in [0.1, 0.15) is 16.7 Å². The van der Waals surface area contributed by atoms with Crippen LogP contribution in [0.15, 0.2) is 91.0 Å². The van der Waals surface area contributed by atoms with Gasteiger partial charge in [0.25, 0.3) is 0 Å². The highest BCUT2D eigenvalue weighted by atomic mass is 16.6. The fourth-order valence-corrected chi connectivity index (χ4v) is 4.33. The highest BCUT2D eigenvalue weighted by molar-refractivity contribution is 5.20. The van der Waals surface area contributed by atoms with Crippen molar-refractivity contribution in [3.05, 3.63) is 108 Å². The van der Waals surface area contributed by atoms with Crippen LogP contribution in [0.25, 0.3) is 0 Å². The summed E-state index contributed by atoms with van der Waals surface area (Å²) in [5.41, 5.74) is 3.18. The number of hydrogen-bond donors (Lipinski definition) is 1. The molecule has 0 unspecified atom stereocenters. The second-order valence-corrected chi connectivity index (χ2v) is 9.47. The molecule has 1 heterocycles. The Hall–Kier alpha value is -3.02. The van der Waals surface area contributed by atoms with Gasteiger partial charge >= 0.3 is 0 Å². The van der Waals surface area contributed by atoms with Crippen molar-refractivity contribution in [3.63, 3.8) is 0 Å². The van der Waals surface area contributed by atoms with Crippen LogP contribution in [0.4, 0.5) is 0 Å². The second kappa shape index (κ2) is 14.1. The number of hydroxylamine groups is 2. The lowest BCUT2D eigenvalue weighted by Gasteiger charge is -2.25. The van der Waals surface area contributed by atoms with Crippen molar-refractivity contribution in [2.45, 2.75) is 44.1 Å². The Labute approximate surface area is 220 Å². The van der Waals surface area contributed by atoms with E-state index in [4.69, 9.17) is 14.2 Å². The van der Waals surface area contributed by atoms with Gasteiger partial charge in [0.1, 0.15) is 18.2 Å². The van der Waals surface area contributed by atoms with E-state index in [9.17, 15) is 5.21 Å². The molecule has 6 heteroatoms. The Bertz CT molecular complexity index is 1120. The molecule has 4 rings (SSSR count). The van der Waals surface area contributed by atoms with Crippen molar-refractivity contribution in [1.29, 1.82) is 0 Å². The van der Waals surface area contributed by atoms with Crippen molar-refractivity contribution >= 4 is 0 Å². The van der Waals surface area contributed by atoms with E-state index in [1.165, 1.54) is 5.06 Å². The molecule has 0 aliphatic carbocycles. The highest BCUT2D eigenvalue weighted by Gasteiger charge is 2.50. The van der Waals surface area contributed by atoms with Crippen LogP contribution >= 0.6 is 0 Å². The number of ether oxygens (including phenoxy) is 3. The standard InChI is InChI=1S/C31H36N2O4/c1-32(2)20-12-19-28-30(36-22-26-15-8-4-9-16-26)31(37-23-27-17-10-5-11-18-27)29(33(28)34)24-35-21-25-13-6-3-7-14-25/h3-11,13-18,28-31,34H,20-24H2,1-2H3/t28-,29-,30+,31+/m0/s1. The first-order valence-electron chi connectivity index (χ1n) is 12.6. The molecule has 3 aromatic rings. The van der Waals surface area contributed by atoms with Gasteiger partial charge in [-0.15, -0.1) is 0 Å². The molecular formula is C31H36N2O4. The number of nitrogens with zero attached hydrogens (tertiary/aromatic N) is 2. The zero-order valence-corrected chi connectivity index (χ0v) is 21.6. The first-order chi connectivity index (χ1) is 18.1. The monoisotopic (exact) mass is 500 g/mol. The van der Waals surface area contributed by atoms with Crippen molar-refractivity contribution in [2.24, 2.45) is 0 Å². The maximum absolute atomic E-state index is 11.3. The lowest BCUT2D eigenvalue weighted by molar-refractivity contribution is -0.155. The molecule has 194 valence electrons. The summed E-state index contributed by atoms with van der Waals surface area (Å²) in [7, 11) is 3.94.